The molecule has 1 amide bonds. The van der Waals surface area contributed by atoms with E-state index in [0.29, 0.717) is 11.4 Å². The third-order valence-electron chi connectivity index (χ3n) is 3.20. The molecule has 0 saturated heterocycles. The minimum absolute atomic E-state index is 0.0178. The molecule has 0 aliphatic heterocycles. The minimum Gasteiger partial charge on any atom is -0.497 e. The van der Waals surface area contributed by atoms with Crippen molar-refractivity contribution in [3.8, 4) is 17.2 Å². The van der Waals surface area contributed by atoms with Crippen molar-refractivity contribution in [3.05, 3.63) is 42.5 Å². The summed E-state index contributed by atoms with van der Waals surface area (Å²) in [6.45, 7) is 1.89. The molecule has 0 fully saturated rings. The summed E-state index contributed by atoms with van der Waals surface area (Å²) in [6.07, 6.45) is -0.651. The van der Waals surface area contributed by atoms with Crippen molar-refractivity contribution in [2.24, 2.45) is 0 Å². The number of rotatable bonds is 7. The lowest BCUT2D eigenvalue weighted by atomic mass is 10.3. The van der Waals surface area contributed by atoms with E-state index in [2.05, 4.69) is 5.32 Å². The van der Waals surface area contributed by atoms with E-state index in [0.717, 1.165) is 0 Å². The molecule has 0 atom stereocenters. The Morgan fingerprint density at radius 3 is 2.46 bits per heavy atom. The van der Waals surface area contributed by atoms with E-state index < -0.39 is 16.2 Å². The van der Waals surface area contributed by atoms with Gasteiger partial charge in [0, 0.05) is 17.8 Å². The predicted octanol–water partition coefficient (Wildman–Crippen LogP) is 3.04. The topological polar surface area (TPSA) is 100 Å². The molecule has 2 rings (SSSR count). The maximum Gasteiger partial charge on any atom is 0.411 e. The summed E-state index contributed by atoms with van der Waals surface area (Å²) >= 11 is 0. The first-order valence-corrected chi connectivity index (χ1v) is 9.00. The van der Waals surface area contributed by atoms with Gasteiger partial charge in [0.05, 0.1) is 20.8 Å². The van der Waals surface area contributed by atoms with Crippen molar-refractivity contribution < 1.29 is 31.6 Å². The van der Waals surface area contributed by atoms with Gasteiger partial charge < -0.3 is 18.4 Å². The van der Waals surface area contributed by atoms with Gasteiger partial charge in [0.1, 0.15) is 17.2 Å². The van der Waals surface area contributed by atoms with Crippen LogP contribution in [-0.4, -0.2) is 35.3 Å². The molecule has 0 aliphatic carbocycles. The molecule has 0 heterocycles. The first kappa shape index (κ1) is 19.4. The van der Waals surface area contributed by atoms with Gasteiger partial charge in [0.2, 0.25) is 0 Å². The van der Waals surface area contributed by atoms with Crippen molar-refractivity contribution in [1.29, 1.82) is 0 Å². The second-order valence-corrected chi connectivity index (χ2v) is 6.44. The van der Waals surface area contributed by atoms with Gasteiger partial charge in [-0.3, -0.25) is 5.32 Å². The molecular weight excluding hydrogens is 362 g/mol. The summed E-state index contributed by atoms with van der Waals surface area (Å²) < 4.78 is 45.3. The Morgan fingerprint density at radius 1 is 1.04 bits per heavy atom. The van der Waals surface area contributed by atoms with Crippen LogP contribution in [0.5, 0.6) is 17.2 Å². The standard InChI is InChI=1S/C17H19NO7S/c1-4-24-17(19)18-12-6-5-7-14(10-12)25-26(20,21)16-11-13(22-2)8-9-15(16)23-3/h5-11H,4H2,1-3H3,(H,18,19). The number of methoxy groups -OCH3 is 2. The number of carbonyl (C=O) groups is 1. The highest BCUT2D eigenvalue weighted by atomic mass is 32.2. The molecule has 26 heavy (non-hydrogen) atoms. The first-order chi connectivity index (χ1) is 12.4. The number of anilines is 1. The van der Waals surface area contributed by atoms with E-state index in [-0.39, 0.29) is 23.0 Å². The van der Waals surface area contributed by atoms with Crippen LogP contribution < -0.4 is 19.0 Å². The Morgan fingerprint density at radius 2 is 1.81 bits per heavy atom. The average molecular weight is 381 g/mol. The van der Waals surface area contributed by atoms with Crippen LogP contribution in [0.3, 0.4) is 0 Å². The van der Waals surface area contributed by atoms with E-state index in [1.54, 1.807) is 19.1 Å². The van der Waals surface area contributed by atoms with Crippen LogP contribution in [0.1, 0.15) is 6.92 Å². The highest BCUT2D eigenvalue weighted by Crippen LogP contribution is 2.31. The summed E-state index contributed by atoms with van der Waals surface area (Å²) in [5.74, 6) is 0.474. The Bertz CT molecular complexity index is 880. The third-order valence-corrected chi connectivity index (χ3v) is 4.47. The van der Waals surface area contributed by atoms with Gasteiger partial charge in [0.15, 0.2) is 4.90 Å². The average Bonchev–Trinajstić information content (AvgIpc) is 2.61. The quantitative estimate of drug-likeness (QED) is 0.736. The minimum atomic E-state index is -4.19. The Labute approximate surface area is 151 Å². The number of carbonyl (C=O) groups excluding carboxylic acids is 1. The fourth-order valence-corrected chi connectivity index (χ4v) is 3.17. The van der Waals surface area contributed by atoms with Crippen molar-refractivity contribution in [3.63, 3.8) is 0 Å². The SMILES string of the molecule is CCOC(=O)Nc1cccc(OS(=O)(=O)c2cc(OC)ccc2OC)c1. The largest absolute Gasteiger partial charge is 0.497 e. The van der Waals surface area contributed by atoms with E-state index in [1.165, 1.54) is 44.6 Å². The normalized spacial score (nSPS) is 10.7. The number of hydrogen-bond donors (Lipinski definition) is 1. The Kier molecular flexibility index (Phi) is 6.29. The molecular formula is C17H19NO7S. The zero-order valence-electron chi connectivity index (χ0n) is 14.5. The second-order valence-electron chi connectivity index (χ2n) is 4.93. The molecule has 0 spiro atoms. The molecule has 0 unspecified atom stereocenters. The number of ether oxygens (including phenoxy) is 3. The number of hydrogen-bond acceptors (Lipinski definition) is 7. The van der Waals surface area contributed by atoms with E-state index >= 15 is 0 Å². The monoisotopic (exact) mass is 381 g/mol. The Balaban J connectivity index is 2.28. The highest BCUT2D eigenvalue weighted by Gasteiger charge is 2.23. The summed E-state index contributed by atoms with van der Waals surface area (Å²) in [4.78, 5) is 11.3. The molecule has 0 bridgehead atoms. The molecule has 1 N–H and O–H groups in total. The molecule has 0 aromatic heterocycles. The highest BCUT2D eigenvalue weighted by molar-refractivity contribution is 7.87. The van der Waals surface area contributed by atoms with Crippen LogP contribution in [0.4, 0.5) is 10.5 Å². The molecule has 8 nitrogen and oxygen atoms in total. The lowest BCUT2D eigenvalue weighted by molar-refractivity contribution is 0.168. The summed E-state index contributed by atoms with van der Waals surface area (Å²) in [6, 6.07) is 10.3. The van der Waals surface area contributed by atoms with Crippen LogP contribution in [0.25, 0.3) is 0 Å². The van der Waals surface area contributed by atoms with E-state index in [4.69, 9.17) is 18.4 Å². The lowest BCUT2D eigenvalue weighted by Gasteiger charge is -2.12. The van der Waals surface area contributed by atoms with Gasteiger partial charge in [-0.2, -0.15) is 8.42 Å². The summed E-state index contributed by atoms with van der Waals surface area (Å²) in [5, 5.41) is 2.47. The van der Waals surface area contributed by atoms with Crippen LogP contribution in [-0.2, 0) is 14.9 Å². The van der Waals surface area contributed by atoms with Gasteiger partial charge in [0.25, 0.3) is 0 Å². The molecule has 0 saturated carbocycles. The number of nitrogens with one attached hydrogen (secondary N) is 1. The van der Waals surface area contributed by atoms with E-state index in [9.17, 15) is 13.2 Å². The number of benzene rings is 2. The predicted molar refractivity (Wildman–Crippen MR) is 94.4 cm³/mol. The van der Waals surface area contributed by atoms with Gasteiger partial charge >= 0.3 is 16.2 Å². The van der Waals surface area contributed by atoms with Crippen LogP contribution >= 0.6 is 0 Å². The van der Waals surface area contributed by atoms with Crippen LogP contribution in [0, 0.1) is 0 Å². The molecule has 0 radical (unpaired) electrons. The second kappa shape index (κ2) is 8.43. The summed E-state index contributed by atoms with van der Waals surface area (Å²) in [5.41, 5.74) is 0.328. The fraction of sp³-hybridized carbons (Fsp3) is 0.235. The zero-order chi connectivity index (χ0) is 19.2. The maximum atomic E-state index is 12.6. The van der Waals surface area contributed by atoms with Gasteiger partial charge in [-0.25, -0.2) is 4.79 Å². The van der Waals surface area contributed by atoms with Gasteiger partial charge in [-0.1, -0.05) is 6.07 Å². The van der Waals surface area contributed by atoms with Crippen LogP contribution in [0.15, 0.2) is 47.4 Å². The molecule has 9 heteroatoms. The Hall–Kier alpha value is -2.94. The van der Waals surface area contributed by atoms with Crippen molar-refractivity contribution in [1.82, 2.24) is 0 Å². The molecule has 2 aromatic rings. The first-order valence-electron chi connectivity index (χ1n) is 7.60. The third kappa shape index (κ3) is 4.79. The molecule has 140 valence electrons. The van der Waals surface area contributed by atoms with Crippen molar-refractivity contribution in [2.45, 2.75) is 11.8 Å². The smallest absolute Gasteiger partial charge is 0.411 e. The summed E-state index contributed by atoms with van der Waals surface area (Å²) in [7, 11) is -1.42. The van der Waals surface area contributed by atoms with Gasteiger partial charge in [-0.15, -0.1) is 0 Å². The van der Waals surface area contributed by atoms with Crippen molar-refractivity contribution in [2.75, 3.05) is 26.1 Å². The number of amides is 1. The van der Waals surface area contributed by atoms with Crippen molar-refractivity contribution >= 4 is 21.9 Å². The van der Waals surface area contributed by atoms with Gasteiger partial charge in [-0.05, 0) is 31.2 Å². The van der Waals surface area contributed by atoms with Crippen LogP contribution in [0.2, 0.25) is 0 Å². The zero-order valence-corrected chi connectivity index (χ0v) is 15.3. The molecule has 0 aliphatic rings. The lowest BCUT2D eigenvalue weighted by Crippen LogP contribution is -2.14. The fourth-order valence-electron chi connectivity index (χ4n) is 2.06. The van der Waals surface area contributed by atoms with E-state index in [1.807, 2.05) is 0 Å². The maximum absolute atomic E-state index is 12.6. The molecule has 2 aromatic carbocycles.